The number of piperazine rings is 1. The molecule has 0 spiro atoms. The van der Waals surface area contributed by atoms with E-state index in [1.54, 1.807) is 12.1 Å². The predicted molar refractivity (Wildman–Crippen MR) is 99.1 cm³/mol. The largest absolute Gasteiger partial charge is 0.336 e. The fraction of sp³-hybridized carbons (Fsp3) is 0.500. The van der Waals surface area contributed by atoms with Gasteiger partial charge >= 0.3 is 0 Å². The number of carbonyl (C=O) groups is 1. The van der Waals surface area contributed by atoms with E-state index < -0.39 is 10.0 Å². The third-order valence-corrected chi connectivity index (χ3v) is 6.56. The maximum atomic E-state index is 12.6. The second-order valence-corrected chi connectivity index (χ2v) is 7.93. The minimum absolute atomic E-state index is 0.0509. The Morgan fingerprint density at radius 3 is 2.16 bits per heavy atom. The Hall–Kier alpha value is -1.70. The molecular weight excluding hydrogens is 338 g/mol. The molecule has 1 aromatic carbocycles. The van der Waals surface area contributed by atoms with Gasteiger partial charge in [-0.2, -0.15) is 4.31 Å². The van der Waals surface area contributed by atoms with E-state index in [2.05, 4.69) is 11.5 Å². The van der Waals surface area contributed by atoms with Gasteiger partial charge in [-0.1, -0.05) is 19.9 Å². The number of hydrogen-bond acceptors (Lipinski definition) is 4. The van der Waals surface area contributed by atoms with Gasteiger partial charge in [0.25, 0.3) is 5.91 Å². The lowest BCUT2D eigenvalue weighted by molar-refractivity contribution is 0.0650. The highest BCUT2D eigenvalue weighted by Crippen LogP contribution is 2.17. The molecule has 0 unspecified atom stereocenters. The molecule has 6 nitrogen and oxygen atoms in total. The van der Waals surface area contributed by atoms with Gasteiger partial charge in [-0.15, -0.1) is 6.58 Å². The maximum Gasteiger partial charge on any atom is 0.253 e. The molecule has 2 rings (SSSR count). The summed E-state index contributed by atoms with van der Waals surface area (Å²) < 4.78 is 26.4. The molecule has 1 aromatic rings. The van der Waals surface area contributed by atoms with E-state index in [0.29, 0.717) is 31.7 Å². The summed E-state index contributed by atoms with van der Waals surface area (Å²) in [4.78, 5) is 16.9. The summed E-state index contributed by atoms with van der Waals surface area (Å²) in [5, 5.41) is 0. The van der Waals surface area contributed by atoms with Crippen LogP contribution in [0.1, 0.15) is 24.2 Å². The van der Waals surface area contributed by atoms with Crippen LogP contribution in [0.5, 0.6) is 0 Å². The molecule has 0 aliphatic carbocycles. The number of carbonyl (C=O) groups excluding carboxylic acids is 1. The first-order chi connectivity index (χ1) is 11.9. The first-order valence-electron chi connectivity index (χ1n) is 8.66. The average molecular weight is 365 g/mol. The Kier molecular flexibility index (Phi) is 6.75. The lowest BCUT2D eigenvalue weighted by Gasteiger charge is -2.34. The number of rotatable bonds is 7. The topological polar surface area (TPSA) is 60.9 Å². The molecule has 1 aliphatic heterocycles. The standard InChI is InChI=1S/C18H27N3O3S/c1-4-11-19-12-14-20(15-13-19)18(22)16-7-9-17(10-8-16)25(23,24)21(5-2)6-3/h4,7-10H,1,5-6,11-15H2,2-3H3. The zero-order valence-corrected chi connectivity index (χ0v) is 15.8. The third-order valence-electron chi connectivity index (χ3n) is 4.49. The average Bonchev–Trinajstić information content (AvgIpc) is 2.63. The van der Waals surface area contributed by atoms with Crippen molar-refractivity contribution in [2.24, 2.45) is 0 Å². The van der Waals surface area contributed by atoms with E-state index in [1.807, 2.05) is 24.8 Å². The molecule has 1 fully saturated rings. The zero-order valence-electron chi connectivity index (χ0n) is 15.0. The van der Waals surface area contributed by atoms with Crippen molar-refractivity contribution in [3.63, 3.8) is 0 Å². The predicted octanol–water partition coefficient (Wildman–Crippen LogP) is 1.66. The molecule has 0 saturated carbocycles. The summed E-state index contributed by atoms with van der Waals surface area (Å²) in [6, 6.07) is 6.26. The molecule has 7 heteroatoms. The Balaban J connectivity index is 2.07. The van der Waals surface area contributed by atoms with Crippen LogP contribution < -0.4 is 0 Å². The van der Waals surface area contributed by atoms with Gasteiger partial charge in [0.15, 0.2) is 0 Å². The highest BCUT2D eigenvalue weighted by Gasteiger charge is 2.24. The van der Waals surface area contributed by atoms with Gasteiger partial charge in [0.05, 0.1) is 4.90 Å². The first-order valence-corrected chi connectivity index (χ1v) is 10.1. The van der Waals surface area contributed by atoms with Crippen LogP contribution in [0.2, 0.25) is 0 Å². The van der Waals surface area contributed by atoms with Crippen LogP contribution in [-0.4, -0.2) is 74.2 Å². The van der Waals surface area contributed by atoms with E-state index in [9.17, 15) is 13.2 Å². The van der Waals surface area contributed by atoms with Gasteiger partial charge in [0.1, 0.15) is 0 Å². The normalized spacial score (nSPS) is 16.2. The fourth-order valence-electron chi connectivity index (χ4n) is 2.98. The van der Waals surface area contributed by atoms with E-state index in [1.165, 1.54) is 16.4 Å². The van der Waals surface area contributed by atoms with Crippen molar-refractivity contribution in [3.8, 4) is 0 Å². The molecule has 25 heavy (non-hydrogen) atoms. The Bertz CT molecular complexity index is 689. The highest BCUT2D eigenvalue weighted by molar-refractivity contribution is 7.89. The van der Waals surface area contributed by atoms with Gasteiger partial charge in [0.2, 0.25) is 10.0 Å². The van der Waals surface area contributed by atoms with E-state index in [-0.39, 0.29) is 10.8 Å². The number of sulfonamides is 1. The van der Waals surface area contributed by atoms with Crippen molar-refractivity contribution in [3.05, 3.63) is 42.5 Å². The Morgan fingerprint density at radius 1 is 1.12 bits per heavy atom. The summed E-state index contributed by atoms with van der Waals surface area (Å²) in [6.07, 6.45) is 1.87. The summed E-state index contributed by atoms with van der Waals surface area (Å²) in [6.45, 7) is 12.0. The molecule has 0 aromatic heterocycles. The summed E-state index contributed by atoms with van der Waals surface area (Å²) in [7, 11) is -3.49. The third kappa shape index (κ3) is 4.48. The van der Waals surface area contributed by atoms with Gasteiger partial charge in [-0.05, 0) is 24.3 Å². The maximum absolute atomic E-state index is 12.6. The van der Waals surface area contributed by atoms with Crippen molar-refractivity contribution in [2.45, 2.75) is 18.7 Å². The van der Waals surface area contributed by atoms with Crippen LogP contribution in [0.3, 0.4) is 0 Å². The number of nitrogens with zero attached hydrogens (tertiary/aromatic N) is 3. The van der Waals surface area contributed by atoms with Gasteiger partial charge in [-0.3, -0.25) is 9.69 Å². The van der Waals surface area contributed by atoms with Crippen LogP contribution in [0.4, 0.5) is 0 Å². The number of hydrogen-bond donors (Lipinski definition) is 0. The number of amides is 1. The lowest BCUT2D eigenvalue weighted by atomic mass is 10.2. The molecule has 0 N–H and O–H groups in total. The van der Waals surface area contributed by atoms with Crippen LogP contribution in [-0.2, 0) is 10.0 Å². The smallest absolute Gasteiger partial charge is 0.253 e. The molecule has 1 aliphatic rings. The van der Waals surface area contributed by atoms with Gasteiger partial charge in [-0.25, -0.2) is 8.42 Å². The van der Waals surface area contributed by atoms with Crippen molar-refractivity contribution >= 4 is 15.9 Å². The van der Waals surface area contributed by atoms with Gasteiger partial charge in [0, 0.05) is 51.4 Å². The summed E-state index contributed by atoms with van der Waals surface area (Å²) in [5.74, 6) is -0.0509. The molecule has 1 saturated heterocycles. The summed E-state index contributed by atoms with van der Waals surface area (Å²) in [5.41, 5.74) is 0.524. The fourth-order valence-corrected chi connectivity index (χ4v) is 4.44. The molecule has 0 radical (unpaired) electrons. The van der Waals surface area contributed by atoms with Crippen LogP contribution >= 0.6 is 0 Å². The highest BCUT2D eigenvalue weighted by atomic mass is 32.2. The van der Waals surface area contributed by atoms with Crippen LogP contribution in [0.15, 0.2) is 41.8 Å². The SMILES string of the molecule is C=CCN1CCN(C(=O)c2ccc(S(=O)(=O)N(CC)CC)cc2)CC1. The van der Waals surface area contributed by atoms with E-state index in [0.717, 1.165) is 19.6 Å². The molecule has 138 valence electrons. The molecule has 0 bridgehead atoms. The van der Waals surface area contributed by atoms with E-state index >= 15 is 0 Å². The molecule has 0 atom stereocenters. The molecular formula is C18H27N3O3S. The zero-order chi connectivity index (χ0) is 18.4. The van der Waals surface area contributed by atoms with Crippen molar-refractivity contribution in [1.29, 1.82) is 0 Å². The van der Waals surface area contributed by atoms with Crippen molar-refractivity contribution in [2.75, 3.05) is 45.8 Å². The van der Waals surface area contributed by atoms with Gasteiger partial charge < -0.3 is 4.90 Å². The van der Waals surface area contributed by atoms with Crippen LogP contribution in [0, 0.1) is 0 Å². The Morgan fingerprint density at radius 2 is 1.68 bits per heavy atom. The minimum atomic E-state index is -3.49. The van der Waals surface area contributed by atoms with E-state index in [4.69, 9.17) is 0 Å². The second-order valence-electron chi connectivity index (χ2n) is 6.00. The van der Waals surface area contributed by atoms with Crippen LogP contribution in [0.25, 0.3) is 0 Å². The minimum Gasteiger partial charge on any atom is -0.336 e. The Labute approximate surface area is 150 Å². The second kappa shape index (κ2) is 8.60. The monoisotopic (exact) mass is 365 g/mol. The van der Waals surface area contributed by atoms with Crippen molar-refractivity contribution < 1.29 is 13.2 Å². The summed E-state index contributed by atoms with van der Waals surface area (Å²) >= 11 is 0. The quantitative estimate of drug-likeness (QED) is 0.690. The molecule has 1 heterocycles. The van der Waals surface area contributed by atoms with Crippen molar-refractivity contribution in [1.82, 2.24) is 14.1 Å². The lowest BCUT2D eigenvalue weighted by Crippen LogP contribution is -2.48. The first kappa shape index (κ1) is 19.6. The molecule has 1 amide bonds. The number of benzene rings is 1.